The van der Waals surface area contributed by atoms with Gasteiger partial charge in [-0.05, 0) is 13.0 Å². The highest BCUT2D eigenvalue weighted by Gasteiger charge is 2.20. The summed E-state index contributed by atoms with van der Waals surface area (Å²) in [6.07, 6.45) is 3.24. The van der Waals surface area contributed by atoms with Crippen molar-refractivity contribution in [1.82, 2.24) is 14.7 Å². The van der Waals surface area contributed by atoms with Crippen molar-refractivity contribution in [3.63, 3.8) is 0 Å². The fourth-order valence-corrected chi connectivity index (χ4v) is 3.53. The number of aromatic nitrogens is 2. The molecule has 0 spiro atoms. The van der Waals surface area contributed by atoms with E-state index in [1.165, 1.54) is 6.20 Å². The predicted molar refractivity (Wildman–Crippen MR) is 72.4 cm³/mol. The van der Waals surface area contributed by atoms with E-state index in [1.54, 1.807) is 10.9 Å². The van der Waals surface area contributed by atoms with Crippen molar-refractivity contribution < 1.29 is 13.5 Å². The number of hydrogen-bond acceptors (Lipinski definition) is 6. The Bertz CT molecular complexity index is 514. The monoisotopic (exact) mass is 288 g/mol. The summed E-state index contributed by atoms with van der Waals surface area (Å²) in [5.41, 5.74) is 6.11. The van der Waals surface area contributed by atoms with Crippen LogP contribution in [-0.2, 0) is 16.4 Å². The number of hydrogen-bond donors (Lipinski definition) is 2. The van der Waals surface area contributed by atoms with E-state index < -0.39 is 15.9 Å². The average Bonchev–Trinajstić information content (AvgIpc) is 2.63. The topological polar surface area (TPSA) is 101 Å². The Kier molecular flexibility index (Phi) is 4.43. The lowest BCUT2D eigenvalue weighted by molar-refractivity contribution is 0.0984. The molecule has 1 fully saturated rings. The molecule has 1 aliphatic heterocycles. The Morgan fingerprint density at radius 1 is 1.37 bits per heavy atom. The SMILES string of the molecule is Nc1cnn(CC(O)CN2CCCS(=O)(=O)CC2)c1. The maximum absolute atomic E-state index is 11.5. The van der Waals surface area contributed by atoms with Crippen molar-refractivity contribution in [1.29, 1.82) is 0 Å². The first kappa shape index (κ1) is 14.3. The van der Waals surface area contributed by atoms with Crippen LogP contribution in [0, 0.1) is 0 Å². The highest BCUT2D eigenvalue weighted by atomic mass is 32.2. The van der Waals surface area contributed by atoms with E-state index in [0.29, 0.717) is 38.3 Å². The molecule has 0 bridgehead atoms. The predicted octanol–water partition coefficient (Wildman–Crippen LogP) is -1.05. The molecular formula is C11H20N4O3S. The fourth-order valence-electron chi connectivity index (χ4n) is 2.22. The second kappa shape index (κ2) is 5.89. The molecular weight excluding hydrogens is 268 g/mol. The second-order valence-corrected chi connectivity index (χ2v) is 7.26. The van der Waals surface area contributed by atoms with Crippen molar-refractivity contribution in [2.45, 2.75) is 19.1 Å². The van der Waals surface area contributed by atoms with Crippen molar-refractivity contribution in [3.05, 3.63) is 12.4 Å². The van der Waals surface area contributed by atoms with Gasteiger partial charge in [-0.2, -0.15) is 5.10 Å². The van der Waals surface area contributed by atoms with Crippen LogP contribution in [0.1, 0.15) is 6.42 Å². The van der Waals surface area contributed by atoms with E-state index in [2.05, 4.69) is 5.10 Å². The van der Waals surface area contributed by atoms with E-state index in [4.69, 9.17) is 5.73 Å². The summed E-state index contributed by atoms with van der Waals surface area (Å²) < 4.78 is 24.5. The number of aliphatic hydroxyl groups is 1. The number of aliphatic hydroxyl groups excluding tert-OH is 1. The summed E-state index contributed by atoms with van der Waals surface area (Å²) in [5, 5.41) is 14.0. The summed E-state index contributed by atoms with van der Waals surface area (Å²) in [6.45, 7) is 2.01. The molecule has 0 amide bonds. The van der Waals surface area contributed by atoms with Crippen molar-refractivity contribution in [2.75, 3.05) is 36.9 Å². The molecule has 7 nitrogen and oxygen atoms in total. The number of anilines is 1. The number of nitrogens with two attached hydrogens (primary N) is 1. The minimum atomic E-state index is -2.90. The molecule has 2 rings (SSSR count). The minimum Gasteiger partial charge on any atom is -0.396 e. The first-order valence-corrected chi connectivity index (χ1v) is 8.15. The van der Waals surface area contributed by atoms with Crippen LogP contribution in [0.5, 0.6) is 0 Å². The third kappa shape index (κ3) is 4.48. The second-order valence-electron chi connectivity index (χ2n) is 4.96. The molecule has 8 heteroatoms. The summed E-state index contributed by atoms with van der Waals surface area (Å²) in [7, 11) is -2.90. The Balaban J connectivity index is 1.83. The molecule has 0 aliphatic carbocycles. The number of sulfone groups is 1. The molecule has 1 unspecified atom stereocenters. The molecule has 1 aliphatic rings. The Morgan fingerprint density at radius 2 is 2.16 bits per heavy atom. The first-order valence-electron chi connectivity index (χ1n) is 6.33. The van der Waals surface area contributed by atoms with Crippen LogP contribution in [0.4, 0.5) is 5.69 Å². The highest BCUT2D eigenvalue weighted by molar-refractivity contribution is 7.91. The molecule has 0 saturated carbocycles. The van der Waals surface area contributed by atoms with Gasteiger partial charge in [0.2, 0.25) is 0 Å². The zero-order valence-electron chi connectivity index (χ0n) is 10.8. The minimum absolute atomic E-state index is 0.175. The van der Waals surface area contributed by atoms with Crippen LogP contribution in [0.15, 0.2) is 12.4 Å². The third-order valence-electron chi connectivity index (χ3n) is 3.17. The highest BCUT2D eigenvalue weighted by Crippen LogP contribution is 2.07. The van der Waals surface area contributed by atoms with Crippen LogP contribution in [-0.4, -0.2) is 65.4 Å². The van der Waals surface area contributed by atoms with Crippen molar-refractivity contribution >= 4 is 15.5 Å². The molecule has 3 N–H and O–H groups in total. The molecule has 2 heterocycles. The van der Waals surface area contributed by atoms with Gasteiger partial charge in [-0.1, -0.05) is 0 Å². The van der Waals surface area contributed by atoms with Gasteiger partial charge in [0, 0.05) is 19.3 Å². The lowest BCUT2D eigenvalue weighted by Gasteiger charge is -2.22. The van der Waals surface area contributed by atoms with E-state index in [-0.39, 0.29) is 11.5 Å². The number of nitrogens with zero attached hydrogens (tertiary/aromatic N) is 3. The molecule has 1 aromatic heterocycles. The van der Waals surface area contributed by atoms with Crippen molar-refractivity contribution in [3.8, 4) is 0 Å². The van der Waals surface area contributed by atoms with E-state index in [9.17, 15) is 13.5 Å². The van der Waals surface area contributed by atoms with E-state index >= 15 is 0 Å². The quantitative estimate of drug-likeness (QED) is 0.733. The van der Waals surface area contributed by atoms with Gasteiger partial charge in [0.05, 0.1) is 36.0 Å². The first-order chi connectivity index (χ1) is 8.94. The molecule has 1 atom stereocenters. The van der Waals surface area contributed by atoms with Crippen LogP contribution in [0.25, 0.3) is 0 Å². The zero-order valence-corrected chi connectivity index (χ0v) is 11.6. The average molecular weight is 288 g/mol. The normalized spacial score (nSPS) is 21.9. The molecule has 0 radical (unpaired) electrons. The molecule has 1 aromatic rings. The van der Waals surface area contributed by atoms with Gasteiger partial charge in [0.15, 0.2) is 9.84 Å². The largest absolute Gasteiger partial charge is 0.396 e. The van der Waals surface area contributed by atoms with Crippen LogP contribution in [0.3, 0.4) is 0 Å². The smallest absolute Gasteiger partial charge is 0.151 e. The van der Waals surface area contributed by atoms with Crippen LogP contribution >= 0.6 is 0 Å². The Hall–Kier alpha value is -1.12. The van der Waals surface area contributed by atoms with E-state index in [1.807, 2.05) is 4.90 Å². The lowest BCUT2D eigenvalue weighted by Crippen LogP contribution is -2.36. The van der Waals surface area contributed by atoms with Gasteiger partial charge in [-0.3, -0.25) is 9.58 Å². The van der Waals surface area contributed by atoms with Crippen LogP contribution in [0.2, 0.25) is 0 Å². The maximum Gasteiger partial charge on any atom is 0.151 e. The van der Waals surface area contributed by atoms with Gasteiger partial charge in [-0.15, -0.1) is 0 Å². The summed E-state index contributed by atoms with van der Waals surface area (Å²) in [5.74, 6) is 0.420. The summed E-state index contributed by atoms with van der Waals surface area (Å²) in [6, 6.07) is 0. The number of rotatable bonds is 4. The third-order valence-corrected chi connectivity index (χ3v) is 4.88. The molecule has 1 saturated heterocycles. The molecule has 108 valence electrons. The molecule has 0 aromatic carbocycles. The standard InChI is InChI=1S/C11H20N4O3S/c12-10-6-13-15(7-10)9-11(16)8-14-2-1-4-19(17,18)5-3-14/h6-7,11,16H,1-5,8-9,12H2. The van der Waals surface area contributed by atoms with Gasteiger partial charge in [0.25, 0.3) is 0 Å². The fraction of sp³-hybridized carbons (Fsp3) is 0.727. The summed E-state index contributed by atoms with van der Waals surface area (Å²) >= 11 is 0. The zero-order chi connectivity index (χ0) is 13.9. The summed E-state index contributed by atoms with van der Waals surface area (Å²) in [4.78, 5) is 1.99. The molecule has 19 heavy (non-hydrogen) atoms. The maximum atomic E-state index is 11.5. The van der Waals surface area contributed by atoms with Gasteiger partial charge >= 0.3 is 0 Å². The van der Waals surface area contributed by atoms with Gasteiger partial charge in [-0.25, -0.2) is 8.42 Å². The lowest BCUT2D eigenvalue weighted by atomic mass is 10.3. The Labute approximate surface area is 112 Å². The van der Waals surface area contributed by atoms with Crippen molar-refractivity contribution in [2.24, 2.45) is 0 Å². The van der Waals surface area contributed by atoms with Crippen LogP contribution < -0.4 is 5.73 Å². The number of nitrogen functional groups attached to an aromatic ring is 1. The number of β-amino-alcohol motifs (C(OH)–C–C–N with tert-alkyl or cyclic N) is 1. The Morgan fingerprint density at radius 3 is 2.84 bits per heavy atom. The van der Waals surface area contributed by atoms with Gasteiger partial charge in [0.1, 0.15) is 0 Å². The van der Waals surface area contributed by atoms with Gasteiger partial charge < -0.3 is 10.8 Å². The van der Waals surface area contributed by atoms with E-state index in [0.717, 1.165) is 0 Å².